The fourth-order valence-corrected chi connectivity index (χ4v) is 3.18. The average molecular weight is 420 g/mol. The van der Waals surface area contributed by atoms with E-state index in [1.807, 2.05) is 12.1 Å². The summed E-state index contributed by atoms with van der Waals surface area (Å²) < 4.78 is 16.0. The highest BCUT2D eigenvalue weighted by Crippen LogP contribution is 2.33. The van der Waals surface area contributed by atoms with Crippen molar-refractivity contribution in [1.29, 1.82) is 0 Å². The Kier molecular flexibility index (Phi) is 6.89. The molecule has 0 fully saturated rings. The van der Waals surface area contributed by atoms with Crippen LogP contribution in [0.25, 0.3) is 0 Å². The van der Waals surface area contributed by atoms with Gasteiger partial charge in [-0.3, -0.25) is 4.79 Å². The first-order valence-corrected chi connectivity index (χ1v) is 9.51. The average Bonchev–Trinajstić information content (AvgIpc) is 2.84. The molecule has 0 saturated carbocycles. The molecule has 7 heteroatoms. The molecule has 0 aliphatic rings. The maximum Gasteiger partial charge on any atom is 0.281 e. The first kappa shape index (κ1) is 21.9. The van der Waals surface area contributed by atoms with Crippen LogP contribution in [0.5, 0.6) is 17.2 Å². The summed E-state index contributed by atoms with van der Waals surface area (Å²) in [4.78, 5) is 13.1. The first-order valence-electron chi connectivity index (χ1n) is 9.51. The molecule has 0 atom stereocenters. The lowest BCUT2D eigenvalue weighted by Gasteiger charge is -2.27. The number of hydrazone groups is 1. The molecule has 31 heavy (non-hydrogen) atoms. The Morgan fingerprint density at radius 3 is 1.77 bits per heavy atom. The number of carbonyl (C=O) groups excluding carboxylic acids is 1. The third-order valence-electron chi connectivity index (χ3n) is 4.82. The predicted molar refractivity (Wildman–Crippen MR) is 118 cm³/mol. The van der Waals surface area contributed by atoms with Crippen LogP contribution in [0.15, 0.2) is 77.9 Å². The van der Waals surface area contributed by atoms with E-state index in [1.165, 1.54) is 27.5 Å². The van der Waals surface area contributed by atoms with Crippen LogP contribution < -0.4 is 19.6 Å². The van der Waals surface area contributed by atoms with Gasteiger partial charge in [0.15, 0.2) is 5.60 Å². The molecule has 1 amide bonds. The van der Waals surface area contributed by atoms with Crippen LogP contribution in [-0.2, 0) is 10.4 Å². The van der Waals surface area contributed by atoms with Crippen LogP contribution in [0.2, 0.25) is 0 Å². The fourth-order valence-electron chi connectivity index (χ4n) is 3.18. The van der Waals surface area contributed by atoms with Crippen molar-refractivity contribution in [1.82, 2.24) is 5.43 Å². The van der Waals surface area contributed by atoms with Gasteiger partial charge in [0.1, 0.15) is 17.2 Å². The number of ether oxygens (including phenoxy) is 3. The van der Waals surface area contributed by atoms with Gasteiger partial charge in [0, 0.05) is 12.1 Å². The summed E-state index contributed by atoms with van der Waals surface area (Å²) in [6, 6.07) is 20.8. The number of hydrogen-bond donors (Lipinski definition) is 2. The number of hydrogen-bond acceptors (Lipinski definition) is 6. The zero-order chi connectivity index (χ0) is 22.3. The van der Waals surface area contributed by atoms with Crippen molar-refractivity contribution in [2.24, 2.45) is 5.10 Å². The van der Waals surface area contributed by atoms with Gasteiger partial charge in [0.25, 0.3) is 5.91 Å². The van der Waals surface area contributed by atoms with Crippen LogP contribution in [0.1, 0.15) is 16.7 Å². The summed E-state index contributed by atoms with van der Waals surface area (Å²) in [7, 11) is 4.55. The van der Waals surface area contributed by atoms with Gasteiger partial charge in [-0.05, 0) is 11.1 Å². The molecule has 0 radical (unpaired) electrons. The highest BCUT2D eigenvalue weighted by Gasteiger charge is 2.39. The third-order valence-corrected chi connectivity index (χ3v) is 4.82. The lowest BCUT2D eigenvalue weighted by molar-refractivity contribution is -0.136. The third kappa shape index (κ3) is 4.51. The Morgan fingerprint density at radius 1 is 0.871 bits per heavy atom. The highest BCUT2D eigenvalue weighted by molar-refractivity contribution is 5.92. The Bertz CT molecular complexity index is 988. The molecule has 3 aromatic carbocycles. The van der Waals surface area contributed by atoms with Gasteiger partial charge in [0.05, 0.1) is 33.1 Å². The summed E-state index contributed by atoms with van der Waals surface area (Å²) in [5, 5.41) is 15.5. The van der Waals surface area contributed by atoms with Crippen molar-refractivity contribution in [3.8, 4) is 17.2 Å². The summed E-state index contributed by atoms with van der Waals surface area (Å²) >= 11 is 0. The number of nitrogens with zero attached hydrogens (tertiary/aromatic N) is 1. The standard InChI is InChI=1S/C24H24N2O5/c1-29-19-14-21(30-2)20(22(15-19)31-3)16-25-26-23(27)24(28,17-10-6-4-7-11-17)18-12-8-5-9-13-18/h4-16,28H,1-3H3,(H,26,27)/b25-16-. The number of amides is 1. The molecule has 0 aliphatic heterocycles. The van der Waals surface area contributed by atoms with Crippen LogP contribution >= 0.6 is 0 Å². The maximum absolute atomic E-state index is 13.1. The minimum absolute atomic E-state index is 0.425. The van der Waals surface area contributed by atoms with E-state index in [0.717, 1.165) is 0 Å². The minimum Gasteiger partial charge on any atom is -0.496 e. The number of aliphatic hydroxyl groups is 1. The topological polar surface area (TPSA) is 89.4 Å². The first-order chi connectivity index (χ1) is 15.0. The van der Waals surface area contributed by atoms with Gasteiger partial charge < -0.3 is 19.3 Å². The van der Waals surface area contributed by atoms with E-state index >= 15 is 0 Å². The number of carbonyl (C=O) groups is 1. The number of benzene rings is 3. The second kappa shape index (κ2) is 9.77. The van der Waals surface area contributed by atoms with E-state index < -0.39 is 11.5 Å². The van der Waals surface area contributed by atoms with Crippen LogP contribution in [-0.4, -0.2) is 38.6 Å². The number of methoxy groups -OCH3 is 3. The van der Waals surface area contributed by atoms with E-state index in [4.69, 9.17) is 14.2 Å². The van der Waals surface area contributed by atoms with Crippen molar-refractivity contribution in [2.45, 2.75) is 5.60 Å². The predicted octanol–water partition coefficient (Wildman–Crippen LogP) is 3.10. The van der Waals surface area contributed by atoms with Gasteiger partial charge in [0.2, 0.25) is 0 Å². The molecule has 0 aromatic heterocycles. The molecular weight excluding hydrogens is 396 g/mol. The number of nitrogens with one attached hydrogen (secondary N) is 1. The van der Waals surface area contributed by atoms with Gasteiger partial charge >= 0.3 is 0 Å². The Labute approximate surface area is 180 Å². The van der Waals surface area contributed by atoms with E-state index in [-0.39, 0.29) is 0 Å². The lowest BCUT2D eigenvalue weighted by Crippen LogP contribution is -2.43. The molecule has 3 aromatic rings. The molecule has 0 spiro atoms. The van der Waals surface area contributed by atoms with E-state index in [2.05, 4.69) is 10.5 Å². The van der Waals surface area contributed by atoms with Gasteiger partial charge in [-0.1, -0.05) is 60.7 Å². The summed E-state index contributed by atoms with van der Waals surface area (Å²) in [5.41, 5.74) is 1.87. The molecule has 3 rings (SSSR count). The molecule has 2 N–H and O–H groups in total. The molecule has 0 saturated heterocycles. The van der Waals surface area contributed by atoms with E-state index in [0.29, 0.717) is 33.9 Å². The summed E-state index contributed by atoms with van der Waals surface area (Å²) in [5.74, 6) is 0.760. The fraction of sp³-hybridized carbons (Fsp3) is 0.167. The number of rotatable bonds is 8. The molecule has 0 bridgehead atoms. The minimum atomic E-state index is -1.92. The second-order valence-electron chi connectivity index (χ2n) is 6.59. The van der Waals surface area contributed by atoms with Gasteiger partial charge in [-0.25, -0.2) is 5.43 Å². The molecule has 0 aliphatic carbocycles. The van der Waals surface area contributed by atoms with Crippen molar-refractivity contribution in [3.63, 3.8) is 0 Å². The van der Waals surface area contributed by atoms with Crippen molar-refractivity contribution < 1.29 is 24.1 Å². The van der Waals surface area contributed by atoms with Gasteiger partial charge in [-0.15, -0.1) is 0 Å². The Hall–Kier alpha value is -3.84. The molecular formula is C24H24N2O5. The highest BCUT2D eigenvalue weighted by atomic mass is 16.5. The Balaban J connectivity index is 1.93. The molecule has 7 nitrogen and oxygen atoms in total. The van der Waals surface area contributed by atoms with Crippen molar-refractivity contribution >= 4 is 12.1 Å². The second-order valence-corrected chi connectivity index (χ2v) is 6.59. The van der Waals surface area contributed by atoms with Crippen LogP contribution in [0.4, 0.5) is 0 Å². The monoisotopic (exact) mass is 420 g/mol. The lowest BCUT2D eigenvalue weighted by atomic mass is 9.85. The summed E-state index contributed by atoms with van der Waals surface area (Å²) in [6.45, 7) is 0. The Morgan fingerprint density at radius 2 is 1.35 bits per heavy atom. The smallest absolute Gasteiger partial charge is 0.281 e. The van der Waals surface area contributed by atoms with Gasteiger partial charge in [-0.2, -0.15) is 5.10 Å². The molecule has 0 heterocycles. The van der Waals surface area contributed by atoms with Crippen LogP contribution in [0, 0.1) is 0 Å². The summed E-state index contributed by atoms with van der Waals surface area (Å²) in [6.07, 6.45) is 1.39. The SMILES string of the molecule is COc1cc(OC)c(/C=N\NC(=O)C(O)(c2ccccc2)c2ccccc2)c(OC)c1. The van der Waals surface area contributed by atoms with Crippen LogP contribution in [0.3, 0.4) is 0 Å². The maximum atomic E-state index is 13.1. The van der Waals surface area contributed by atoms with E-state index in [9.17, 15) is 9.90 Å². The van der Waals surface area contributed by atoms with Crippen molar-refractivity contribution in [2.75, 3.05) is 21.3 Å². The zero-order valence-electron chi connectivity index (χ0n) is 17.5. The normalized spacial score (nSPS) is 11.2. The molecule has 160 valence electrons. The van der Waals surface area contributed by atoms with Crippen molar-refractivity contribution in [3.05, 3.63) is 89.5 Å². The largest absolute Gasteiger partial charge is 0.496 e. The van der Waals surface area contributed by atoms with E-state index in [1.54, 1.807) is 60.7 Å². The zero-order valence-corrected chi connectivity index (χ0v) is 17.5. The quantitative estimate of drug-likeness (QED) is 0.432. The molecule has 0 unspecified atom stereocenters.